The van der Waals surface area contributed by atoms with Crippen molar-refractivity contribution in [2.45, 2.75) is 68.2 Å². The first kappa shape index (κ1) is 33.6. The number of rotatable bonds is 12. The molecule has 0 atom stereocenters. The highest BCUT2D eigenvalue weighted by molar-refractivity contribution is 7.89. The molecule has 1 aliphatic heterocycles. The number of sulfonamides is 1. The molecular formula is C26H33F5N8O3S2Si. The second-order valence-electron chi connectivity index (χ2n) is 12.2. The standard InChI is InChI=1S/C26H33F5N8O3S2Si/c1-32-25(5-6-25)39(16-42-11-12-45(2,3)4)44(40,41)17-13-18-20(23-34-35-24(43-23)22(27)28)36-38(15-26(29,30)31)21(18)19(14-17)37-9-7-33-8-10-37/h13-14,22,33H,5-12,15-16H2,2-4H3. The molecule has 0 bridgehead atoms. The van der Waals surface area contributed by atoms with Gasteiger partial charge in [0.15, 0.2) is 10.0 Å². The summed E-state index contributed by atoms with van der Waals surface area (Å²) in [5.74, 6) is 0. The Morgan fingerprint density at radius 3 is 2.44 bits per heavy atom. The Morgan fingerprint density at radius 1 is 1.20 bits per heavy atom. The fourth-order valence-electron chi connectivity index (χ4n) is 5.02. The van der Waals surface area contributed by atoms with E-state index in [1.54, 1.807) is 4.90 Å². The molecule has 1 aromatic carbocycles. The summed E-state index contributed by atoms with van der Waals surface area (Å²) in [7, 11) is -5.96. The molecule has 19 heteroatoms. The Balaban J connectivity index is 1.69. The molecule has 5 rings (SSSR count). The van der Waals surface area contributed by atoms with Gasteiger partial charge in [-0.15, -0.1) is 10.2 Å². The van der Waals surface area contributed by atoms with Crippen LogP contribution in [0.2, 0.25) is 25.7 Å². The predicted molar refractivity (Wildman–Crippen MR) is 161 cm³/mol. The van der Waals surface area contributed by atoms with Crippen LogP contribution in [-0.4, -0.2) is 92.1 Å². The Labute approximate surface area is 262 Å². The van der Waals surface area contributed by atoms with Gasteiger partial charge >= 0.3 is 11.8 Å². The normalized spacial score (nSPS) is 17.4. The molecule has 2 aromatic heterocycles. The molecule has 3 aromatic rings. The number of anilines is 1. The summed E-state index contributed by atoms with van der Waals surface area (Å²) in [5, 5.41) is 13.7. The van der Waals surface area contributed by atoms with Gasteiger partial charge in [0.1, 0.15) is 19.0 Å². The van der Waals surface area contributed by atoms with Gasteiger partial charge in [-0.25, -0.2) is 23.8 Å². The number of aromatic nitrogens is 4. The van der Waals surface area contributed by atoms with Crippen LogP contribution in [0.5, 0.6) is 0 Å². The highest BCUT2D eigenvalue weighted by atomic mass is 32.2. The second-order valence-corrected chi connectivity index (χ2v) is 20.7. The van der Waals surface area contributed by atoms with Crippen LogP contribution in [0.1, 0.15) is 24.3 Å². The zero-order chi connectivity index (χ0) is 32.8. The summed E-state index contributed by atoms with van der Waals surface area (Å²) in [6.45, 7) is 14.4. The zero-order valence-electron chi connectivity index (χ0n) is 24.9. The van der Waals surface area contributed by atoms with Crippen molar-refractivity contribution in [3.05, 3.63) is 28.6 Å². The minimum atomic E-state index is -4.70. The molecule has 2 fully saturated rings. The topological polar surface area (TPSA) is 110 Å². The Morgan fingerprint density at radius 2 is 1.89 bits per heavy atom. The van der Waals surface area contributed by atoms with Gasteiger partial charge in [-0.3, -0.25) is 9.53 Å². The molecule has 2 aliphatic rings. The molecule has 1 saturated heterocycles. The average molecular weight is 693 g/mol. The molecule has 0 radical (unpaired) electrons. The molecular weight excluding hydrogens is 660 g/mol. The number of halogens is 5. The number of alkyl halides is 5. The second kappa shape index (κ2) is 12.4. The lowest BCUT2D eigenvalue weighted by atomic mass is 10.1. The average Bonchev–Trinajstić information content (AvgIpc) is 3.43. The lowest BCUT2D eigenvalue weighted by molar-refractivity contribution is -0.141. The molecule has 11 nitrogen and oxygen atoms in total. The zero-order valence-corrected chi connectivity index (χ0v) is 27.5. The van der Waals surface area contributed by atoms with Crippen LogP contribution in [0, 0.1) is 6.57 Å². The molecule has 0 unspecified atom stereocenters. The van der Waals surface area contributed by atoms with E-state index in [0.717, 1.165) is 10.3 Å². The van der Waals surface area contributed by atoms with Crippen LogP contribution in [-0.2, 0) is 21.3 Å². The number of benzene rings is 1. The molecule has 3 heterocycles. The van der Waals surface area contributed by atoms with Gasteiger partial charge in [-0.2, -0.15) is 18.3 Å². The maximum absolute atomic E-state index is 14.4. The number of fused-ring (bicyclic) bond motifs is 1. The molecule has 0 spiro atoms. The first-order valence-electron chi connectivity index (χ1n) is 14.2. The Bertz CT molecular complexity index is 1690. The van der Waals surface area contributed by atoms with Gasteiger partial charge in [0.2, 0.25) is 0 Å². The van der Waals surface area contributed by atoms with E-state index in [1.165, 1.54) is 12.1 Å². The van der Waals surface area contributed by atoms with Crippen LogP contribution in [0.15, 0.2) is 17.0 Å². The molecule has 1 aliphatic carbocycles. The number of nitrogens with zero attached hydrogens (tertiary/aromatic N) is 7. The lowest BCUT2D eigenvalue weighted by Gasteiger charge is -2.31. The maximum Gasteiger partial charge on any atom is 0.408 e. The fraction of sp³-hybridized carbons (Fsp3) is 0.615. The minimum Gasteiger partial charge on any atom is -0.367 e. The van der Waals surface area contributed by atoms with E-state index >= 15 is 0 Å². The van der Waals surface area contributed by atoms with Gasteiger partial charge in [-0.1, -0.05) is 35.3 Å². The van der Waals surface area contributed by atoms with E-state index in [9.17, 15) is 30.4 Å². The minimum absolute atomic E-state index is 0.0128. The number of hydrogen-bond acceptors (Lipinski definition) is 9. The summed E-state index contributed by atoms with van der Waals surface area (Å²) in [6, 6.07) is 3.26. The Hall–Kier alpha value is -2.76. The van der Waals surface area contributed by atoms with Gasteiger partial charge < -0.3 is 15.0 Å². The van der Waals surface area contributed by atoms with E-state index in [-0.39, 0.29) is 38.9 Å². The number of nitrogens with one attached hydrogen (secondary N) is 1. The molecule has 1 saturated carbocycles. The van der Waals surface area contributed by atoms with Crippen LogP contribution in [0.4, 0.5) is 27.6 Å². The van der Waals surface area contributed by atoms with Crippen molar-refractivity contribution in [3.63, 3.8) is 0 Å². The van der Waals surface area contributed by atoms with Crippen molar-refractivity contribution in [1.82, 2.24) is 29.6 Å². The molecule has 1 N–H and O–H groups in total. The lowest BCUT2D eigenvalue weighted by Crippen LogP contribution is -2.44. The third-order valence-electron chi connectivity index (χ3n) is 7.58. The summed E-state index contributed by atoms with van der Waals surface area (Å²) < 4.78 is 104. The van der Waals surface area contributed by atoms with Crippen molar-refractivity contribution in [3.8, 4) is 10.7 Å². The third kappa shape index (κ3) is 7.30. The summed E-state index contributed by atoms with van der Waals surface area (Å²) >= 11 is 0.465. The van der Waals surface area contributed by atoms with Crippen molar-refractivity contribution in [1.29, 1.82) is 0 Å². The molecule has 45 heavy (non-hydrogen) atoms. The van der Waals surface area contributed by atoms with Crippen LogP contribution in [0.3, 0.4) is 0 Å². The maximum atomic E-state index is 14.4. The first-order chi connectivity index (χ1) is 21.0. The van der Waals surface area contributed by atoms with Crippen molar-refractivity contribution in [2.75, 3.05) is 44.4 Å². The van der Waals surface area contributed by atoms with Gasteiger partial charge in [0.05, 0.1) is 28.9 Å². The van der Waals surface area contributed by atoms with E-state index < -0.39 is 47.9 Å². The monoisotopic (exact) mass is 692 g/mol. The van der Waals surface area contributed by atoms with Crippen molar-refractivity contribution in [2.24, 2.45) is 0 Å². The molecule has 0 amide bonds. The predicted octanol–water partition coefficient (Wildman–Crippen LogP) is 5.18. The van der Waals surface area contributed by atoms with Crippen LogP contribution >= 0.6 is 11.3 Å². The highest BCUT2D eigenvalue weighted by Gasteiger charge is 2.61. The summed E-state index contributed by atoms with van der Waals surface area (Å²) in [5.41, 5.74) is -1.37. The SMILES string of the molecule is [C-]#[N+]C1(N(COCC[Si](C)(C)C)S(=O)(=O)c2cc(N3CCNCC3)c3c(c2)c(-c2nnc(C(F)F)s2)nn3CC(F)(F)F)CC1. The number of piperazine rings is 1. The summed E-state index contributed by atoms with van der Waals surface area (Å²) in [4.78, 5) is 5.11. The van der Waals surface area contributed by atoms with Crippen LogP contribution < -0.4 is 10.2 Å². The first-order valence-corrected chi connectivity index (χ1v) is 20.2. The van der Waals surface area contributed by atoms with Gasteiger partial charge in [0.25, 0.3) is 16.4 Å². The van der Waals surface area contributed by atoms with Crippen molar-refractivity contribution < 1.29 is 35.1 Å². The van der Waals surface area contributed by atoms with E-state index in [0.29, 0.717) is 61.6 Å². The largest absolute Gasteiger partial charge is 0.408 e. The highest BCUT2D eigenvalue weighted by Crippen LogP contribution is 2.47. The smallest absolute Gasteiger partial charge is 0.367 e. The van der Waals surface area contributed by atoms with Gasteiger partial charge in [-0.05, 0) is 18.2 Å². The molecule has 246 valence electrons. The summed E-state index contributed by atoms with van der Waals surface area (Å²) in [6.07, 6.45) is -7.06. The van der Waals surface area contributed by atoms with Crippen molar-refractivity contribution >= 4 is 46.0 Å². The number of ether oxygens (including phenoxy) is 1. The van der Waals surface area contributed by atoms with Crippen LogP contribution in [0.25, 0.3) is 26.4 Å². The van der Waals surface area contributed by atoms with Gasteiger partial charge in [0, 0.05) is 46.2 Å². The number of hydrogen-bond donors (Lipinski definition) is 1. The van der Waals surface area contributed by atoms with E-state index in [2.05, 4.69) is 45.1 Å². The Kier molecular flexibility index (Phi) is 9.29. The van der Waals surface area contributed by atoms with E-state index in [4.69, 9.17) is 11.3 Å². The fourth-order valence-corrected chi connectivity index (χ4v) is 8.14. The quantitative estimate of drug-likeness (QED) is 0.0911. The third-order valence-corrected chi connectivity index (χ3v) is 12.1. The van der Waals surface area contributed by atoms with E-state index in [1.807, 2.05) is 0 Å².